The van der Waals surface area contributed by atoms with E-state index in [0.717, 1.165) is 0 Å². The molecule has 7 heteroatoms. The molecular formula is C12H10Br2FN3O. The van der Waals surface area contributed by atoms with Crippen molar-refractivity contribution in [1.82, 2.24) is 9.97 Å². The van der Waals surface area contributed by atoms with Gasteiger partial charge in [0, 0.05) is 17.1 Å². The summed E-state index contributed by atoms with van der Waals surface area (Å²) in [7, 11) is 1.57. The second kappa shape index (κ2) is 5.94. The molecule has 0 atom stereocenters. The van der Waals surface area contributed by atoms with Gasteiger partial charge in [0.05, 0.1) is 16.8 Å². The van der Waals surface area contributed by atoms with Crippen LogP contribution in [-0.2, 0) is 11.3 Å². The van der Waals surface area contributed by atoms with Crippen molar-refractivity contribution in [3.05, 3.63) is 38.7 Å². The molecule has 19 heavy (non-hydrogen) atoms. The van der Waals surface area contributed by atoms with E-state index in [1.165, 1.54) is 12.1 Å². The molecule has 1 aromatic heterocycles. The van der Waals surface area contributed by atoms with Gasteiger partial charge in [0.15, 0.2) is 5.82 Å². The van der Waals surface area contributed by atoms with Gasteiger partial charge < -0.3 is 10.5 Å². The van der Waals surface area contributed by atoms with Gasteiger partial charge in [-0.1, -0.05) is 0 Å². The fourth-order valence-corrected chi connectivity index (χ4v) is 2.36. The number of halogens is 3. The van der Waals surface area contributed by atoms with E-state index >= 15 is 0 Å². The van der Waals surface area contributed by atoms with Crippen LogP contribution in [0.3, 0.4) is 0 Å². The Morgan fingerprint density at radius 3 is 2.68 bits per heavy atom. The molecule has 0 saturated carbocycles. The van der Waals surface area contributed by atoms with Crippen LogP contribution in [-0.4, -0.2) is 17.1 Å². The van der Waals surface area contributed by atoms with Crippen LogP contribution in [0.1, 0.15) is 5.69 Å². The zero-order chi connectivity index (χ0) is 14.0. The average Bonchev–Trinajstić information content (AvgIpc) is 2.35. The summed E-state index contributed by atoms with van der Waals surface area (Å²) in [5.41, 5.74) is 7.13. The fourth-order valence-electron chi connectivity index (χ4n) is 1.54. The number of nitrogens with zero attached hydrogens (tertiary/aromatic N) is 2. The highest BCUT2D eigenvalue weighted by atomic mass is 79.9. The molecule has 0 bridgehead atoms. The lowest BCUT2D eigenvalue weighted by molar-refractivity contribution is 0.181. The normalized spacial score (nSPS) is 10.7. The zero-order valence-electron chi connectivity index (χ0n) is 9.95. The highest BCUT2D eigenvalue weighted by Gasteiger charge is 2.13. The number of anilines is 1. The third-order valence-corrected chi connectivity index (χ3v) is 3.92. The van der Waals surface area contributed by atoms with Crippen LogP contribution in [0.25, 0.3) is 11.4 Å². The molecule has 0 aliphatic rings. The predicted molar refractivity (Wildman–Crippen MR) is 78.0 cm³/mol. The van der Waals surface area contributed by atoms with E-state index in [-0.39, 0.29) is 5.82 Å². The molecule has 100 valence electrons. The summed E-state index contributed by atoms with van der Waals surface area (Å²) in [6.07, 6.45) is 0. The first-order chi connectivity index (χ1) is 9.02. The van der Waals surface area contributed by atoms with E-state index in [1.807, 2.05) is 0 Å². The molecule has 0 saturated heterocycles. The molecule has 2 aromatic rings. The molecule has 0 aliphatic carbocycles. The number of rotatable bonds is 3. The topological polar surface area (TPSA) is 61.0 Å². The molecule has 0 spiro atoms. The summed E-state index contributed by atoms with van der Waals surface area (Å²) in [5.74, 6) is 0.394. The number of hydrogen-bond donors (Lipinski definition) is 1. The number of benzene rings is 1. The molecule has 0 unspecified atom stereocenters. The zero-order valence-corrected chi connectivity index (χ0v) is 13.1. The number of nitrogen functional groups attached to an aromatic ring is 1. The third-order valence-electron chi connectivity index (χ3n) is 2.40. The predicted octanol–water partition coefficient (Wildman–Crippen LogP) is 3.54. The Bertz CT molecular complexity index is 622. The number of hydrogen-bond acceptors (Lipinski definition) is 4. The van der Waals surface area contributed by atoms with Crippen LogP contribution in [0.5, 0.6) is 0 Å². The lowest BCUT2D eigenvalue weighted by atomic mass is 10.2. The number of nitrogens with two attached hydrogens (primary N) is 1. The van der Waals surface area contributed by atoms with E-state index in [1.54, 1.807) is 13.2 Å². The van der Waals surface area contributed by atoms with E-state index in [0.29, 0.717) is 38.5 Å². The Hall–Kier alpha value is -1.05. The molecule has 1 aromatic carbocycles. The van der Waals surface area contributed by atoms with Gasteiger partial charge >= 0.3 is 0 Å². The monoisotopic (exact) mass is 389 g/mol. The van der Waals surface area contributed by atoms with Crippen LogP contribution in [0.15, 0.2) is 27.1 Å². The van der Waals surface area contributed by atoms with Crippen molar-refractivity contribution in [1.29, 1.82) is 0 Å². The van der Waals surface area contributed by atoms with Crippen molar-refractivity contribution in [2.75, 3.05) is 12.8 Å². The van der Waals surface area contributed by atoms with E-state index < -0.39 is 0 Å². The minimum atomic E-state index is -0.335. The summed E-state index contributed by atoms with van der Waals surface area (Å²) in [5, 5.41) is 0. The Balaban J connectivity index is 2.56. The van der Waals surface area contributed by atoms with E-state index in [4.69, 9.17) is 10.5 Å². The highest BCUT2D eigenvalue weighted by Crippen LogP contribution is 2.30. The second-order valence-electron chi connectivity index (χ2n) is 3.75. The average molecular weight is 391 g/mol. The largest absolute Gasteiger partial charge is 0.383 e. The van der Waals surface area contributed by atoms with Crippen LogP contribution in [0.2, 0.25) is 0 Å². The Labute approximate surface area is 126 Å². The summed E-state index contributed by atoms with van der Waals surface area (Å²) in [4.78, 5) is 8.56. The van der Waals surface area contributed by atoms with Gasteiger partial charge in [0.1, 0.15) is 11.6 Å². The van der Waals surface area contributed by atoms with Crippen LogP contribution < -0.4 is 5.73 Å². The van der Waals surface area contributed by atoms with E-state index in [9.17, 15) is 4.39 Å². The lowest BCUT2D eigenvalue weighted by Gasteiger charge is -2.09. The minimum Gasteiger partial charge on any atom is -0.383 e. The van der Waals surface area contributed by atoms with Gasteiger partial charge in [-0.2, -0.15) is 0 Å². The quantitative estimate of drug-likeness (QED) is 0.870. The van der Waals surface area contributed by atoms with Crippen LogP contribution >= 0.6 is 31.9 Å². The maximum absolute atomic E-state index is 13.1. The van der Waals surface area contributed by atoms with Crippen LogP contribution in [0, 0.1) is 5.82 Å². The molecule has 2 N–H and O–H groups in total. The first-order valence-electron chi connectivity index (χ1n) is 5.29. The van der Waals surface area contributed by atoms with Crippen molar-refractivity contribution in [3.63, 3.8) is 0 Å². The van der Waals surface area contributed by atoms with Crippen LogP contribution in [0.4, 0.5) is 10.2 Å². The highest BCUT2D eigenvalue weighted by molar-refractivity contribution is 9.11. The third kappa shape index (κ3) is 3.10. The Kier molecular flexibility index (Phi) is 4.49. The molecule has 0 fully saturated rings. The van der Waals surface area contributed by atoms with Crippen molar-refractivity contribution in [3.8, 4) is 11.4 Å². The number of methoxy groups -OCH3 is 1. The van der Waals surface area contributed by atoms with Crippen molar-refractivity contribution in [2.24, 2.45) is 0 Å². The SMILES string of the molecule is COCc1nc(-c2ccc(F)cc2Br)nc(N)c1Br. The first kappa shape index (κ1) is 14.4. The van der Waals surface area contributed by atoms with Gasteiger partial charge in [-0.05, 0) is 50.1 Å². The van der Waals surface area contributed by atoms with Crippen molar-refractivity contribution < 1.29 is 9.13 Å². The van der Waals surface area contributed by atoms with Gasteiger partial charge in [0.25, 0.3) is 0 Å². The first-order valence-corrected chi connectivity index (χ1v) is 6.87. The number of aromatic nitrogens is 2. The van der Waals surface area contributed by atoms with Gasteiger partial charge in [-0.3, -0.25) is 0 Å². The summed E-state index contributed by atoms with van der Waals surface area (Å²) < 4.78 is 19.3. The van der Waals surface area contributed by atoms with Gasteiger partial charge in [-0.15, -0.1) is 0 Å². The van der Waals surface area contributed by atoms with Gasteiger partial charge in [-0.25, -0.2) is 14.4 Å². The standard InChI is InChI=1S/C12H10Br2FN3O/c1-19-5-9-10(14)11(16)18-12(17-9)7-3-2-6(15)4-8(7)13/h2-4H,5H2,1H3,(H2,16,17,18). The molecule has 0 radical (unpaired) electrons. The molecule has 0 amide bonds. The number of ether oxygens (including phenoxy) is 1. The molecule has 0 aliphatic heterocycles. The fraction of sp³-hybridized carbons (Fsp3) is 0.167. The molecular weight excluding hydrogens is 381 g/mol. The molecule has 2 rings (SSSR count). The Morgan fingerprint density at radius 1 is 1.32 bits per heavy atom. The smallest absolute Gasteiger partial charge is 0.163 e. The molecule has 1 heterocycles. The van der Waals surface area contributed by atoms with Crippen molar-refractivity contribution >= 4 is 37.7 Å². The summed E-state index contributed by atoms with van der Waals surface area (Å²) in [6.45, 7) is 0.305. The maximum Gasteiger partial charge on any atom is 0.163 e. The molecule has 4 nitrogen and oxygen atoms in total. The summed E-state index contributed by atoms with van der Waals surface area (Å²) in [6, 6.07) is 4.29. The van der Waals surface area contributed by atoms with Gasteiger partial charge in [0.2, 0.25) is 0 Å². The second-order valence-corrected chi connectivity index (χ2v) is 5.40. The van der Waals surface area contributed by atoms with Crippen molar-refractivity contribution in [2.45, 2.75) is 6.61 Å². The Morgan fingerprint density at radius 2 is 2.05 bits per heavy atom. The summed E-state index contributed by atoms with van der Waals surface area (Å²) >= 11 is 6.60. The minimum absolute atomic E-state index is 0.305. The van der Waals surface area contributed by atoms with E-state index in [2.05, 4.69) is 41.8 Å². The lowest BCUT2D eigenvalue weighted by Crippen LogP contribution is -2.04. The maximum atomic E-state index is 13.1.